The zero-order valence-corrected chi connectivity index (χ0v) is 11.8. The van der Waals surface area contributed by atoms with Crippen LogP contribution in [0.25, 0.3) is 6.08 Å². The van der Waals surface area contributed by atoms with E-state index in [1.807, 2.05) is 6.20 Å². The molecular formula is C19H18N2. The van der Waals surface area contributed by atoms with Crippen LogP contribution in [0.1, 0.15) is 29.2 Å². The second-order valence-corrected chi connectivity index (χ2v) is 5.01. The summed E-state index contributed by atoms with van der Waals surface area (Å²) in [5, 5.41) is 0. The number of aromatic nitrogens is 2. The second-order valence-electron chi connectivity index (χ2n) is 5.01. The van der Waals surface area contributed by atoms with Crippen LogP contribution in [0.5, 0.6) is 0 Å². The minimum Gasteiger partial charge on any atom is -0.351 e. The highest BCUT2D eigenvalue weighted by Gasteiger charge is 2.11. The molecule has 0 saturated heterocycles. The fraction of sp³-hybridized carbons (Fsp3) is 0.105. The highest BCUT2D eigenvalue weighted by molar-refractivity contribution is 5.44. The molecule has 0 saturated carbocycles. The number of hydrogen-bond donors (Lipinski definition) is 1. The molecule has 0 atom stereocenters. The van der Waals surface area contributed by atoms with Gasteiger partial charge in [-0.15, -0.1) is 0 Å². The molecule has 2 aromatic carbocycles. The standard InChI is InChI=1S/C19H18N2/c1-3-8-16(9-4-1)19(17-10-5-2-6-11-17)13-7-12-18-14-20-15-21-18/h1-12,14-15,19H,13H2,(H,20,21). The van der Waals surface area contributed by atoms with Gasteiger partial charge in [0.05, 0.1) is 12.0 Å². The fourth-order valence-electron chi connectivity index (χ4n) is 2.52. The summed E-state index contributed by atoms with van der Waals surface area (Å²) in [5.41, 5.74) is 3.65. The van der Waals surface area contributed by atoms with Gasteiger partial charge in [-0.3, -0.25) is 0 Å². The Morgan fingerprint density at radius 3 is 2.05 bits per heavy atom. The maximum Gasteiger partial charge on any atom is 0.0927 e. The van der Waals surface area contributed by atoms with Crippen LogP contribution in [0.15, 0.2) is 79.3 Å². The van der Waals surface area contributed by atoms with Gasteiger partial charge >= 0.3 is 0 Å². The van der Waals surface area contributed by atoms with E-state index < -0.39 is 0 Å². The van der Waals surface area contributed by atoms with Crippen molar-refractivity contribution in [3.63, 3.8) is 0 Å². The average molecular weight is 274 g/mol. The SMILES string of the molecule is C(=Cc1c[nH]cn1)CC(c1ccccc1)c1ccccc1. The van der Waals surface area contributed by atoms with Gasteiger partial charge in [0, 0.05) is 12.1 Å². The zero-order valence-electron chi connectivity index (χ0n) is 11.8. The Bertz CT molecular complexity index is 631. The number of rotatable bonds is 5. The normalized spacial score (nSPS) is 11.3. The lowest BCUT2D eigenvalue weighted by Gasteiger charge is -2.16. The molecule has 0 spiro atoms. The summed E-state index contributed by atoms with van der Waals surface area (Å²) in [6, 6.07) is 21.3. The number of H-pyrrole nitrogens is 1. The van der Waals surface area contributed by atoms with Crippen molar-refractivity contribution in [2.45, 2.75) is 12.3 Å². The summed E-state index contributed by atoms with van der Waals surface area (Å²) < 4.78 is 0. The van der Waals surface area contributed by atoms with Gasteiger partial charge in [-0.2, -0.15) is 0 Å². The molecule has 3 aromatic rings. The molecule has 2 heteroatoms. The van der Waals surface area contributed by atoms with Gasteiger partial charge in [-0.25, -0.2) is 4.98 Å². The molecule has 2 nitrogen and oxygen atoms in total. The Morgan fingerprint density at radius 1 is 0.905 bits per heavy atom. The summed E-state index contributed by atoms with van der Waals surface area (Å²) in [4.78, 5) is 7.19. The van der Waals surface area contributed by atoms with E-state index in [1.165, 1.54) is 11.1 Å². The molecule has 0 aliphatic heterocycles. The van der Waals surface area contributed by atoms with E-state index in [1.54, 1.807) is 6.33 Å². The van der Waals surface area contributed by atoms with Crippen molar-refractivity contribution in [1.82, 2.24) is 9.97 Å². The predicted octanol–water partition coefficient (Wildman–Crippen LogP) is 4.65. The van der Waals surface area contributed by atoms with E-state index in [2.05, 4.69) is 82.8 Å². The van der Waals surface area contributed by atoms with Gasteiger partial charge in [-0.05, 0) is 23.6 Å². The van der Waals surface area contributed by atoms with Gasteiger partial charge in [-0.1, -0.05) is 66.7 Å². The Hall–Kier alpha value is -2.61. The van der Waals surface area contributed by atoms with Crippen molar-refractivity contribution in [3.8, 4) is 0 Å². The van der Waals surface area contributed by atoms with E-state index in [9.17, 15) is 0 Å². The van der Waals surface area contributed by atoms with Crippen LogP contribution in [-0.2, 0) is 0 Å². The van der Waals surface area contributed by atoms with E-state index in [4.69, 9.17) is 0 Å². The Labute approximate surface area is 125 Å². The maximum absolute atomic E-state index is 4.22. The number of benzene rings is 2. The lowest BCUT2D eigenvalue weighted by molar-refractivity contribution is 0.831. The van der Waals surface area contributed by atoms with Crippen LogP contribution in [0.2, 0.25) is 0 Å². The first kappa shape index (κ1) is 13.4. The summed E-state index contributed by atoms with van der Waals surface area (Å²) in [6.45, 7) is 0. The van der Waals surface area contributed by atoms with Crippen LogP contribution in [0.3, 0.4) is 0 Å². The van der Waals surface area contributed by atoms with Crippen molar-refractivity contribution in [2.75, 3.05) is 0 Å². The maximum atomic E-state index is 4.22. The quantitative estimate of drug-likeness (QED) is 0.721. The fourth-order valence-corrected chi connectivity index (χ4v) is 2.52. The number of imidazole rings is 1. The largest absolute Gasteiger partial charge is 0.351 e. The number of aromatic amines is 1. The van der Waals surface area contributed by atoms with E-state index >= 15 is 0 Å². The molecular weight excluding hydrogens is 256 g/mol. The van der Waals surface area contributed by atoms with Gasteiger partial charge in [0.1, 0.15) is 0 Å². The van der Waals surface area contributed by atoms with Crippen molar-refractivity contribution >= 4 is 6.08 Å². The Balaban J connectivity index is 1.83. The van der Waals surface area contributed by atoms with E-state index in [-0.39, 0.29) is 0 Å². The Kier molecular flexibility index (Phi) is 4.27. The second kappa shape index (κ2) is 6.71. The highest BCUT2D eigenvalue weighted by atomic mass is 14.8. The smallest absolute Gasteiger partial charge is 0.0927 e. The molecule has 1 aromatic heterocycles. The molecule has 0 aliphatic rings. The minimum atomic E-state index is 0.377. The number of hydrogen-bond acceptors (Lipinski definition) is 1. The van der Waals surface area contributed by atoms with Crippen molar-refractivity contribution in [2.24, 2.45) is 0 Å². The molecule has 1 N–H and O–H groups in total. The first-order chi connectivity index (χ1) is 10.4. The molecule has 1 heterocycles. The lowest BCUT2D eigenvalue weighted by Crippen LogP contribution is -1.99. The third-order valence-electron chi connectivity index (χ3n) is 3.58. The molecule has 21 heavy (non-hydrogen) atoms. The lowest BCUT2D eigenvalue weighted by atomic mass is 9.88. The molecule has 0 unspecified atom stereocenters. The van der Waals surface area contributed by atoms with Crippen molar-refractivity contribution in [1.29, 1.82) is 0 Å². The highest BCUT2D eigenvalue weighted by Crippen LogP contribution is 2.28. The molecule has 0 amide bonds. The third kappa shape index (κ3) is 3.48. The number of nitrogens with zero attached hydrogens (tertiary/aromatic N) is 1. The number of nitrogens with one attached hydrogen (secondary N) is 1. The summed E-state index contributed by atoms with van der Waals surface area (Å²) in [6.07, 6.45) is 8.82. The number of allylic oxidation sites excluding steroid dienone is 1. The predicted molar refractivity (Wildman–Crippen MR) is 87.0 cm³/mol. The van der Waals surface area contributed by atoms with E-state index in [0.29, 0.717) is 5.92 Å². The van der Waals surface area contributed by atoms with Gasteiger partial charge < -0.3 is 4.98 Å². The molecule has 104 valence electrons. The third-order valence-corrected chi connectivity index (χ3v) is 3.58. The average Bonchev–Trinajstić information content (AvgIpc) is 3.07. The minimum absolute atomic E-state index is 0.377. The van der Waals surface area contributed by atoms with Crippen LogP contribution in [-0.4, -0.2) is 9.97 Å². The Morgan fingerprint density at radius 2 is 1.52 bits per heavy atom. The van der Waals surface area contributed by atoms with Gasteiger partial charge in [0.15, 0.2) is 0 Å². The monoisotopic (exact) mass is 274 g/mol. The summed E-state index contributed by atoms with van der Waals surface area (Å²) in [5.74, 6) is 0.377. The van der Waals surface area contributed by atoms with Crippen LogP contribution in [0, 0.1) is 0 Å². The molecule has 3 rings (SSSR count). The van der Waals surface area contributed by atoms with E-state index in [0.717, 1.165) is 12.1 Å². The molecule has 0 aliphatic carbocycles. The van der Waals surface area contributed by atoms with Gasteiger partial charge in [0.2, 0.25) is 0 Å². The van der Waals surface area contributed by atoms with Crippen LogP contribution in [0.4, 0.5) is 0 Å². The first-order valence-electron chi connectivity index (χ1n) is 7.19. The molecule has 0 fully saturated rings. The topological polar surface area (TPSA) is 28.7 Å². The van der Waals surface area contributed by atoms with Gasteiger partial charge in [0.25, 0.3) is 0 Å². The molecule has 0 radical (unpaired) electrons. The zero-order chi connectivity index (χ0) is 14.3. The van der Waals surface area contributed by atoms with Crippen LogP contribution >= 0.6 is 0 Å². The first-order valence-corrected chi connectivity index (χ1v) is 7.19. The summed E-state index contributed by atoms with van der Waals surface area (Å²) >= 11 is 0. The van der Waals surface area contributed by atoms with Crippen LogP contribution < -0.4 is 0 Å². The van der Waals surface area contributed by atoms with Crippen molar-refractivity contribution in [3.05, 3.63) is 96.1 Å². The molecule has 0 bridgehead atoms. The van der Waals surface area contributed by atoms with Crippen molar-refractivity contribution < 1.29 is 0 Å². The summed E-state index contributed by atoms with van der Waals surface area (Å²) in [7, 11) is 0.